The average molecular weight is 288 g/mol. The summed E-state index contributed by atoms with van der Waals surface area (Å²) in [7, 11) is 0. The van der Waals surface area contributed by atoms with E-state index in [1.807, 2.05) is 24.3 Å². The first-order valence-electron chi connectivity index (χ1n) is 6.88. The number of nitrogens with zero attached hydrogens (tertiary/aromatic N) is 1. The highest BCUT2D eigenvalue weighted by Gasteiger charge is 2.51. The summed E-state index contributed by atoms with van der Waals surface area (Å²) in [5.41, 5.74) is 7.41. The van der Waals surface area contributed by atoms with Gasteiger partial charge in [0, 0.05) is 13.0 Å². The fourth-order valence-corrected chi connectivity index (χ4v) is 2.96. The molecule has 3 atom stereocenters. The van der Waals surface area contributed by atoms with E-state index in [9.17, 15) is 14.4 Å². The molecule has 1 saturated carbocycles. The summed E-state index contributed by atoms with van der Waals surface area (Å²) < 4.78 is 0. The van der Waals surface area contributed by atoms with Gasteiger partial charge in [0.2, 0.25) is 11.8 Å². The Labute approximate surface area is 121 Å². The van der Waals surface area contributed by atoms with Crippen LogP contribution in [0.5, 0.6) is 0 Å². The number of rotatable bonds is 3. The molecule has 1 aromatic rings. The number of aliphatic carboxylic acids is 1. The summed E-state index contributed by atoms with van der Waals surface area (Å²) in [6.45, 7) is 0.311. The van der Waals surface area contributed by atoms with Crippen LogP contribution in [-0.2, 0) is 27.3 Å². The van der Waals surface area contributed by atoms with Crippen molar-refractivity contribution in [3.63, 3.8) is 0 Å². The summed E-state index contributed by atoms with van der Waals surface area (Å²) in [4.78, 5) is 36.5. The number of amides is 2. The van der Waals surface area contributed by atoms with Crippen LogP contribution in [0.3, 0.4) is 0 Å². The molecule has 1 fully saturated rings. The summed E-state index contributed by atoms with van der Waals surface area (Å²) in [6.07, 6.45) is 0.736. The predicted molar refractivity (Wildman–Crippen MR) is 72.9 cm³/mol. The van der Waals surface area contributed by atoms with E-state index in [4.69, 9.17) is 10.8 Å². The molecule has 1 aliphatic carbocycles. The van der Waals surface area contributed by atoms with Crippen LogP contribution in [0.4, 0.5) is 0 Å². The van der Waals surface area contributed by atoms with Gasteiger partial charge >= 0.3 is 5.97 Å². The zero-order chi connectivity index (χ0) is 15.1. The van der Waals surface area contributed by atoms with Crippen molar-refractivity contribution in [1.82, 2.24) is 4.90 Å². The maximum absolute atomic E-state index is 12.5. The molecule has 3 rings (SSSR count). The van der Waals surface area contributed by atoms with E-state index in [0.717, 1.165) is 11.1 Å². The molecule has 1 heterocycles. The highest BCUT2D eigenvalue weighted by Crippen LogP contribution is 2.41. The number of hydrogen-bond donors (Lipinski definition) is 2. The largest absolute Gasteiger partial charge is 0.481 e. The first-order chi connectivity index (χ1) is 9.99. The molecular formula is C15H16N2O4. The Kier molecular flexibility index (Phi) is 3.16. The number of carbonyl (C=O) groups excluding carboxylic acids is 2. The van der Waals surface area contributed by atoms with E-state index >= 15 is 0 Å². The van der Waals surface area contributed by atoms with E-state index in [0.29, 0.717) is 19.4 Å². The molecule has 0 radical (unpaired) electrons. The third-order valence-corrected chi connectivity index (χ3v) is 4.28. The van der Waals surface area contributed by atoms with Crippen molar-refractivity contribution in [2.75, 3.05) is 0 Å². The van der Waals surface area contributed by atoms with E-state index in [-0.39, 0.29) is 5.91 Å². The Bertz CT molecular complexity index is 628. The van der Waals surface area contributed by atoms with Crippen molar-refractivity contribution in [1.29, 1.82) is 0 Å². The summed E-state index contributed by atoms with van der Waals surface area (Å²) in [6, 6.07) is 6.90. The number of carbonyl (C=O) groups is 3. The van der Waals surface area contributed by atoms with Gasteiger partial charge in [0.1, 0.15) is 6.04 Å². The quantitative estimate of drug-likeness (QED) is 0.826. The molecule has 0 saturated heterocycles. The molecule has 3 N–H and O–H groups in total. The van der Waals surface area contributed by atoms with Crippen molar-refractivity contribution in [2.45, 2.75) is 25.4 Å². The Morgan fingerprint density at radius 1 is 1.14 bits per heavy atom. The Morgan fingerprint density at radius 3 is 2.38 bits per heavy atom. The van der Waals surface area contributed by atoms with Gasteiger partial charge in [-0.05, 0) is 17.5 Å². The minimum Gasteiger partial charge on any atom is -0.481 e. The Morgan fingerprint density at radius 2 is 1.81 bits per heavy atom. The second kappa shape index (κ2) is 4.87. The molecule has 6 heteroatoms. The number of carboxylic acids is 1. The zero-order valence-corrected chi connectivity index (χ0v) is 11.4. The van der Waals surface area contributed by atoms with Gasteiger partial charge < -0.3 is 15.7 Å². The molecular weight excluding hydrogens is 272 g/mol. The fourth-order valence-electron chi connectivity index (χ4n) is 2.96. The van der Waals surface area contributed by atoms with Crippen LogP contribution in [0.1, 0.15) is 17.5 Å². The van der Waals surface area contributed by atoms with Crippen molar-refractivity contribution in [3.05, 3.63) is 35.4 Å². The Hall–Kier alpha value is -2.37. The third-order valence-electron chi connectivity index (χ3n) is 4.28. The molecule has 0 unspecified atom stereocenters. The van der Waals surface area contributed by atoms with Crippen LogP contribution >= 0.6 is 0 Å². The average Bonchev–Trinajstić information content (AvgIpc) is 3.25. The Balaban J connectivity index is 1.85. The highest BCUT2D eigenvalue weighted by molar-refractivity contribution is 5.93. The first kappa shape index (κ1) is 13.6. The maximum atomic E-state index is 12.5. The lowest BCUT2D eigenvalue weighted by Gasteiger charge is -2.35. The lowest BCUT2D eigenvalue weighted by molar-refractivity contribution is -0.145. The number of carboxylic acid groups (broad SMARTS) is 1. The lowest BCUT2D eigenvalue weighted by Crippen LogP contribution is -2.51. The molecule has 0 spiro atoms. The highest BCUT2D eigenvalue weighted by atomic mass is 16.4. The minimum absolute atomic E-state index is 0.277. The monoisotopic (exact) mass is 288 g/mol. The van der Waals surface area contributed by atoms with Gasteiger partial charge in [0.15, 0.2) is 0 Å². The molecule has 6 nitrogen and oxygen atoms in total. The summed E-state index contributed by atoms with van der Waals surface area (Å²) in [5, 5.41) is 8.94. The van der Waals surface area contributed by atoms with Crippen molar-refractivity contribution >= 4 is 17.8 Å². The van der Waals surface area contributed by atoms with Crippen LogP contribution < -0.4 is 5.73 Å². The molecule has 1 aromatic carbocycles. The predicted octanol–water partition coefficient (Wildman–Crippen LogP) is 0.146. The number of nitrogens with two attached hydrogens (primary N) is 1. The van der Waals surface area contributed by atoms with Crippen LogP contribution in [0.15, 0.2) is 24.3 Å². The summed E-state index contributed by atoms with van der Waals surface area (Å²) >= 11 is 0. The molecule has 21 heavy (non-hydrogen) atoms. The number of benzene rings is 1. The topological polar surface area (TPSA) is 101 Å². The molecule has 2 aliphatic rings. The smallest absolute Gasteiger partial charge is 0.307 e. The fraction of sp³-hybridized carbons (Fsp3) is 0.400. The van der Waals surface area contributed by atoms with Crippen LogP contribution in [0, 0.1) is 11.8 Å². The van der Waals surface area contributed by atoms with E-state index in [1.54, 1.807) is 0 Å². The SMILES string of the molecule is NC(=O)[C@@H]1Cc2ccccc2CN1C(=O)[C@@H]1C[C@@H]1C(=O)O. The maximum Gasteiger partial charge on any atom is 0.307 e. The third kappa shape index (κ3) is 2.37. The molecule has 0 bridgehead atoms. The van der Waals surface area contributed by atoms with Crippen molar-refractivity contribution < 1.29 is 19.5 Å². The molecule has 1 aliphatic heterocycles. The normalized spacial score (nSPS) is 26.9. The number of hydrogen-bond acceptors (Lipinski definition) is 3. The van der Waals surface area contributed by atoms with Gasteiger partial charge in [-0.15, -0.1) is 0 Å². The zero-order valence-electron chi connectivity index (χ0n) is 11.4. The second-order valence-corrected chi connectivity index (χ2v) is 5.64. The first-order valence-corrected chi connectivity index (χ1v) is 6.88. The van der Waals surface area contributed by atoms with Crippen LogP contribution in [-0.4, -0.2) is 33.8 Å². The van der Waals surface area contributed by atoms with Gasteiger partial charge in [0.25, 0.3) is 0 Å². The van der Waals surface area contributed by atoms with Gasteiger partial charge in [-0.2, -0.15) is 0 Å². The number of primary amides is 1. The van der Waals surface area contributed by atoms with Crippen LogP contribution in [0.2, 0.25) is 0 Å². The van der Waals surface area contributed by atoms with Crippen molar-refractivity contribution in [2.24, 2.45) is 17.6 Å². The van der Waals surface area contributed by atoms with E-state index < -0.39 is 29.8 Å². The van der Waals surface area contributed by atoms with Gasteiger partial charge in [-0.25, -0.2) is 0 Å². The number of fused-ring (bicyclic) bond motifs is 1. The molecule has 2 amide bonds. The lowest BCUT2D eigenvalue weighted by atomic mass is 9.93. The van der Waals surface area contributed by atoms with Gasteiger partial charge in [-0.1, -0.05) is 24.3 Å². The summed E-state index contributed by atoms with van der Waals surface area (Å²) in [5.74, 6) is -2.93. The minimum atomic E-state index is -0.957. The molecule has 0 aromatic heterocycles. The van der Waals surface area contributed by atoms with Crippen molar-refractivity contribution in [3.8, 4) is 0 Å². The van der Waals surface area contributed by atoms with Gasteiger partial charge in [0.05, 0.1) is 11.8 Å². The second-order valence-electron chi connectivity index (χ2n) is 5.64. The molecule has 110 valence electrons. The standard InChI is InChI=1S/C15H16N2O4/c16-13(18)12-5-8-3-1-2-4-9(8)7-17(12)14(19)10-6-11(10)15(20)21/h1-4,10-12H,5-7H2,(H2,16,18)(H,20,21)/t10-,11+,12+/m1/s1. The van der Waals surface area contributed by atoms with Crippen LogP contribution in [0.25, 0.3) is 0 Å². The van der Waals surface area contributed by atoms with E-state index in [1.165, 1.54) is 4.90 Å². The van der Waals surface area contributed by atoms with E-state index in [2.05, 4.69) is 0 Å². The van der Waals surface area contributed by atoms with Gasteiger partial charge in [-0.3, -0.25) is 14.4 Å².